The summed E-state index contributed by atoms with van der Waals surface area (Å²) in [6.07, 6.45) is 2.49. The second-order valence-corrected chi connectivity index (χ2v) is 4.91. The Kier molecular flexibility index (Phi) is 3.43. The van der Waals surface area contributed by atoms with Crippen molar-refractivity contribution in [1.29, 1.82) is 5.41 Å². The van der Waals surface area contributed by atoms with E-state index in [1.165, 1.54) is 12.4 Å². The average Bonchev–Trinajstić information content (AvgIpc) is 2.67. The minimum atomic E-state index is -3.54. The first kappa shape index (κ1) is 11.7. The number of sulfonamides is 1. The summed E-state index contributed by atoms with van der Waals surface area (Å²) in [6.45, 7) is 1.77. The van der Waals surface area contributed by atoms with Gasteiger partial charge in [0.15, 0.2) is 0 Å². The fourth-order valence-electron chi connectivity index (χ4n) is 0.814. The Labute approximate surface area is 87.6 Å². The lowest BCUT2D eigenvalue weighted by atomic mass is 10.2. The standard InChI is InChI=1S/C7H13N5O2S/c1-5(7(8)9)2-12-15(13,14)6-3-10-11-4-6/h3-5,12H,2H2,1H3,(H3,8,9)(H,10,11). The topological polar surface area (TPSA) is 125 Å². The zero-order valence-electron chi connectivity index (χ0n) is 8.19. The number of nitrogens with zero attached hydrogens (tertiary/aromatic N) is 1. The highest BCUT2D eigenvalue weighted by atomic mass is 32.2. The molecule has 0 fully saturated rings. The number of nitrogens with one attached hydrogen (secondary N) is 3. The highest BCUT2D eigenvalue weighted by molar-refractivity contribution is 7.89. The van der Waals surface area contributed by atoms with Crippen LogP contribution in [0.1, 0.15) is 6.92 Å². The summed E-state index contributed by atoms with van der Waals surface area (Å²) in [7, 11) is -3.54. The molecule has 1 unspecified atom stereocenters. The Bertz CT molecular complexity index is 424. The number of rotatable bonds is 5. The lowest BCUT2D eigenvalue weighted by Gasteiger charge is -2.10. The first-order valence-corrected chi connectivity index (χ1v) is 5.74. The van der Waals surface area contributed by atoms with Crippen LogP contribution in [0.5, 0.6) is 0 Å². The van der Waals surface area contributed by atoms with E-state index in [9.17, 15) is 8.42 Å². The molecule has 5 N–H and O–H groups in total. The first-order chi connectivity index (χ1) is 6.93. The van der Waals surface area contributed by atoms with E-state index in [1.807, 2.05) is 0 Å². The molecule has 84 valence electrons. The Morgan fingerprint density at radius 2 is 2.47 bits per heavy atom. The van der Waals surface area contributed by atoms with E-state index in [0.717, 1.165) is 0 Å². The van der Waals surface area contributed by atoms with Gasteiger partial charge in [-0.25, -0.2) is 13.1 Å². The fourth-order valence-corrected chi connectivity index (χ4v) is 1.85. The zero-order valence-corrected chi connectivity index (χ0v) is 9.00. The van der Waals surface area contributed by atoms with Gasteiger partial charge < -0.3 is 5.73 Å². The van der Waals surface area contributed by atoms with Crippen LogP contribution in [-0.2, 0) is 10.0 Å². The molecule has 0 saturated heterocycles. The monoisotopic (exact) mass is 231 g/mol. The lowest BCUT2D eigenvalue weighted by molar-refractivity contribution is 0.574. The second kappa shape index (κ2) is 4.41. The molecule has 0 amide bonds. The van der Waals surface area contributed by atoms with Crippen LogP contribution in [0.15, 0.2) is 17.3 Å². The van der Waals surface area contributed by atoms with Gasteiger partial charge in [-0.15, -0.1) is 0 Å². The molecule has 1 rings (SSSR count). The number of amidine groups is 1. The normalized spacial score (nSPS) is 13.7. The molecular formula is C7H13N5O2S. The first-order valence-electron chi connectivity index (χ1n) is 4.26. The molecule has 0 bridgehead atoms. The third-order valence-corrected chi connectivity index (χ3v) is 3.28. The number of hydrogen-bond donors (Lipinski definition) is 4. The molecule has 0 spiro atoms. The predicted molar refractivity (Wildman–Crippen MR) is 54.9 cm³/mol. The minimum absolute atomic E-state index is 0.0510. The van der Waals surface area contributed by atoms with Gasteiger partial charge in [0.05, 0.1) is 12.0 Å². The fraction of sp³-hybridized carbons (Fsp3) is 0.429. The van der Waals surface area contributed by atoms with Crippen LogP contribution in [0.25, 0.3) is 0 Å². The van der Waals surface area contributed by atoms with Gasteiger partial charge >= 0.3 is 0 Å². The van der Waals surface area contributed by atoms with Crippen molar-refractivity contribution in [2.75, 3.05) is 6.54 Å². The van der Waals surface area contributed by atoms with Crippen LogP contribution in [0.2, 0.25) is 0 Å². The van der Waals surface area contributed by atoms with E-state index in [4.69, 9.17) is 11.1 Å². The average molecular weight is 231 g/mol. The summed E-state index contributed by atoms with van der Waals surface area (Å²) in [5.74, 6) is -0.378. The third kappa shape index (κ3) is 3.03. The van der Waals surface area contributed by atoms with Crippen molar-refractivity contribution in [1.82, 2.24) is 14.9 Å². The number of hydrogen-bond acceptors (Lipinski definition) is 4. The molecule has 1 heterocycles. The molecule has 0 aliphatic heterocycles. The van der Waals surface area contributed by atoms with E-state index in [-0.39, 0.29) is 23.2 Å². The maximum absolute atomic E-state index is 11.5. The van der Waals surface area contributed by atoms with E-state index >= 15 is 0 Å². The highest BCUT2D eigenvalue weighted by Crippen LogP contribution is 2.04. The maximum Gasteiger partial charge on any atom is 0.243 e. The van der Waals surface area contributed by atoms with Crippen LogP contribution in [-0.4, -0.2) is 31.0 Å². The van der Waals surface area contributed by atoms with E-state index in [0.29, 0.717) is 0 Å². The molecule has 7 nitrogen and oxygen atoms in total. The lowest BCUT2D eigenvalue weighted by Crippen LogP contribution is -2.34. The van der Waals surface area contributed by atoms with Gasteiger partial charge in [-0.3, -0.25) is 10.5 Å². The van der Waals surface area contributed by atoms with E-state index in [2.05, 4.69) is 14.9 Å². The Morgan fingerprint density at radius 3 is 2.93 bits per heavy atom. The number of nitrogens with two attached hydrogens (primary N) is 1. The van der Waals surface area contributed by atoms with Crippen LogP contribution < -0.4 is 10.5 Å². The van der Waals surface area contributed by atoms with Gasteiger partial charge in [0.25, 0.3) is 0 Å². The van der Waals surface area contributed by atoms with Crippen molar-refractivity contribution in [3.05, 3.63) is 12.4 Å². The van der Waals surface area contributed by atoms with E-state index < -0.39 is 10.0 Å². The van der Waals surface area contributed by atoms with Crippen LogP contribution >= 0.6 is 0 Å². The van der Waals surface area contributed by atoms with E-state index in [1.54, 1.807) is 6.92 Å². The van der Waals surface area contributed by atoms with Crippen LogP contribution in [0.3, 0.4) is 0 Å². The highest BCUT2D eigenvalue weighted by Gasteiger charge is 2.16. The molecule has 0 aliphatic rings. The van der Waals surface area contributed by atoms with Gasteiger partial charge in [-0.05, 0) is 0 Å². The molecule has 0 saturated carbocycles. The number of H-pyrrole nitrogens is 1. The Hall–Kier alpha value is -1.41. The molecule has 15 heavy (non-hydrogen) atoms. The molecule has 8 heteroatoms. The molecule has 0 aliphatic carbocycles. The van der Waals surface area contributed by atoms with Crippen molar-refractivity contribution >= 4 is 15.9 Å². The molecule has 1 aromatic heterocycles. The third-order valence-electron chi connectivity index (χ3n) is 1.89. The summed E-state index contributed by atoms with van der Waals surface area (Å²) in [4.78, 5) is 0.0678. The summed E-state index contributed by atoms with van der Waals surface area (Å²) < 4.78 is 25.4. The zero-order chi connectivity index (χ0) is 11.5. The quantitative estimate of drug-likeness (QED) is 0.393. The molecule has 0 radical (unpaired) electrons. The summed E-state index contributed by atoms with van der Waals surface area (Å²) in [6, 6.07) is 0. The van der Waals surface area contributed by atoms with Crippen molar-refractivity contribution in [3.63, 3.8) is 0 Å². The van der Waals surface area contributed by atoms with Crippen molar-refractivity contribution in [3.8, 4) is 0 Å². The smallest absolute Gasteiger partial charge is 0.243 e. The minimum Gasteiger partial charge on any atom is -0.387 e. The van der Waals surface area contributed by atoms with Gasteiger partial charge in [0, 0.05) is 18.7 Å². The number of aromatic nitrogens is 2. The van der Waals surface area contributed by atoms with Gasteiger partial charge in [0.1, 0.15) is 4.90 Å². The molecule has 0 aromatic carbocycles. The molecular weight excluding hydrogens is 218 g/mol. The second-order valence-electron chi connectivity index (χ2n) is 3.14. The van der Waals surface area contributed by atoms with Crippen molar-refractivity contribution < 1.29 is 8.42 Å². The van der Waals surface area contributed by atoms with Gasteiger partial charge in [-0.2, -0.15) is 5.10 Å². The predicted octanol–water partition coefficient (Wildman–Crippen LogP) is -0.740. The Balaban J connectivity index is 2.63. The molecule has 1 aromatic rings. The summed E-state index contributed by atoms with van der Waals surface area (Å²) >= 11 is 0. The van der Waals surface area contributed by atoms with Crippen LogP contribution in [0.4, 0.5) is 0 Å². The number of aromatic amines is 1. The molecule has 1 atom stereocenters. The van der Waals surface area contributed by atoms with Crippen molar-refractivity contribution in [2.24, 2.45) is 11.7 Å². The van der Waals surface area contributed by atoms with Crippen LogP contribution in [0, 0.1) is 11.3 Å². The maximum atomic E-state index is 11.5. The Morgan fingerprint density at radius 1 is 1.80 bits per heavy atom. The van der Waals surface area contributed by atoms with Gasteiger partial charge in [-0.1, -0.05) is 6.92 Å². The summed E-state index contributed by atoms with van der Waals surface area (Å²) in [5, 5.41) is 13.1. The SMILES string of the molecule is CC(CNS(=O)(=O)c1cn[nH]c1)C(=N)N. The largest absolute Gasteiger partial charge is 0.387 e. The van der Waals surface area contributed by atoms with Crippen molar-refractivity contribution in [2.45, 2.75) is 11.8 Å². The summed E-state index contributed by atoms with van der Waals surface area (Å²) in [5.41, 5.74) is 5.21. The van der Waals surface area contributed by atoms with Gasteiger partial charge in [0.2, 0.25) is 10.0 Å².